The van der Waals surface area contributed by atoms with E-state index in [0.29, 0.717) is 5.69 Å². The molecule has 1 aliphatic rings. The van der Waals surface area contributed by atoms with E-state index in [1.54, 1.807) is 18.4 Å². The lowest BCUT2D eigenvalue weighted by atomic mass is 10.2. The van der Waals surface area contributed by atoms with E-state index in [2.05, 4.69) is 11.7 Å². The van der Waals surface area contributed by atoms with Gasteiger partial charge in [-0.1, -0.05) is 23.8 Å². The third-order valence-corrected chi connectivity index (χ3v) is 2.07. The van der Waals surface area contributed by atoms with Gasteiger partial charge in [-0.05, 0) is 12.1 Å². The van der Waals surface area contributed by atoms with Crippen molar-refractivity contribution in [3.05, 3.63) is 47.7 Å². The fourth-order valence-electron chi connectivity index (χ4n) is 1.45. The van der Waals surface area contributed by atoms with E-state index in [-0.39, 0.29) is 6.54 Å². The van der Waals surface area contributed by atoms with E-state index in [4.69, 9.17) is 0 Å². The fourth-order valence-corrected chi connectivity index (χ4v) is 1.45. The van der Waals surface area contributed by atoms with Crippen LogP contribution in [0.5, 0.6) is 0 Å². The van der Waals surface area contributed by atoms with Gasteiger partial charge < -0.3 is 5.21 Å². The third kappa shape index (κ3) is 1.18. The third-order valence-electron chi connectivity index (χ3n) is 2.07. The van der Waals surface area contributed by atoms with Gasteiger partial charge in [0, 0.05) is 6.07 Å². The van der Waals surface area contributed by atoms with Crippen LogP contribution in [0.3, 0.4) is 0 Å². The monoisotopic (exact) mass is 174 g/mol. The van der Waals surface area contributed by atoms with Crippen molar-refractivity contribution < 1.29 is 0 Å². The first-order chi connectivity index (χ1) is 6.26. The zero-order valence-electron chi connectivity index (χ0n) is 7.18. The zero-order valence-corrected chi connectivity index (χ0v) is 7.18. The average molecular weight is 174 g/mol. The standard InChI is InChI=1S/C10H10N2O/c1-2-7-12(13)10-6-4-3-5-9(10)8-11-12/h2-6,8H,1,7H2. The Balaban J connectivity index is 2.48. The largest absolute Gasteiger partial charge is 0.599 e. The molecule has 3 heteroatoms. The second-order valence-corrected chi connectivity index (χ2v) is 2.98. The van der Waals surface area contributed by atoms with Crippen molar-refractivity contribution in [2.75, 3.05) is 6.54 Å². The second kappa shape index (κ2) is 2.80. The molecule has 0 aromatic heterocycles. The molecule has 1 aromatic carbocycles. The molecule has 0 saturated carbocycles. The van der Waals surface area contributed by atoms with Crippen molar-refractivity contribution in [2.24, 2.45) is 5.10 Å². The lowest BCUT2D eigenvalue weighted by Gasteiger charge is -2.31. The van der Waals surface area contributed by atoms with Crippen molar-refractivity contribution in [1.29, 1.82) is 0 Å². The summed E-state index contributed by atoms with van der Waals surface area (Å²) in [6.07, 6.45) is 3.21. The lowest BCUT2D eigenvalue weighted by molar-refractivity contribution is 0.444. The molecule has 0 bridgehead atoms. The Bertz CT molecular complexity index is 373. The maximum atomic E-state index is 12.0. The van der Waals surface area contributed by atoms with E-state index < -0.39 is 4.76 Å². The SMILES string of the molecule is C=CC[N+]1([O-])N=Cc2ccccc21. The highest BCUT2D eigenvalue weighted by Gasteiger charge is 2.26. The van der Waals surface area contributed by atoms with E-state index >= 15 is 0 Å². The first-order valence-electron chi connectivity index (χ1n) is 4.11. The molecule has 2 rings (SSSR count). The van der Waals surface area contributed by atoms with E-state index in [1.807, 2.05) is 18.2 Å². The summed E-state index contributed by atoms with van der Waals surface area (Å²) < 4.78 is -0.653. The van der Waals surface area contributed by atoms with Gasteiger partial charge in [-0.15, -0.1) is 0 Å². The highest BCUT2D eigenvalue weighted by Crippen LogP contribution is 2.30. The molecule has 0 saturated heterocycles. The van der Waals surface area contributed by atoms with Gasteiger partial charge in [-0.3, -0.25) is 0 Å². The minimum absolute atomic E-state index is 0.285. The van der Waals surface area contributed by atoms with Crippen molar-refractivity contribution in [3.8, 4) is 0 Å². The number of nitrogens with zero attached hydrogens (tertiary/aromatic N) is 2. The molecule has 1 atom stereocenters. The number of para-hydroxylation sites is 1. The molecule has 3 nitrogen and oxygen atoms in total. The van der Waals surface area contributed by atoms with Gasteiger partial charge in [0.1, 0.15) is 6.54 Å². The van der Waals surface area contributed by atoms with Crippen LogP contribution in [0.15, 0.2) is 42.0 Å². The number of rotatable bonds is 2. The molecular formula is C10H10N2O. The highest BCUT2D eigenvalue weighted by atomic mass is 16.6. The molecule has 0 N–H and O–H groups in total. The maximum Gasteiger partial charge on any atom is 0.168 e. The van der Waals surface area contributed by atoms with Crippen LogP contribution < -0.4 is 4.76 Å². The van der Waals surface area contributed by atoms with Gasteiger partial charge in [-0.2, -0.15) is 4.76 Å². The quantitative estimate of drug-likeness (QED) is 0.384. The van der Waals surface area contributed by atoms with E-state index in [9.17, 15) is 5.21 Å². The summed E-state index contributed by atoms with van der Waals surface area (Å²) in [4.78, 5) is 0. The molecule has 1 aromatic rings. The van der Waals surface area contributed by atoms with E-state index in [0.717, 1.165) is 5.56 Å². The second-order valence-electron chi connectivity index (χ2n) is 2.98. The molecule has 0 fully saturated rings. The molecule has 66 valence electrons. The zero-order chi connectivity index (χ0) is 9.31. The van der Waals surface area contributed by atoms with Gasteiger partial charge in [0.15, 0.2) is 5.69 Å². The molecule has 0 spiro atoms. The molecule has 1 heterocycles. The summed E-state index contributed by atoms with van der Waals surface area (Å²) in [6.45, 7) is 3.84. The van der Waals surface area contributed by atoms with Crippen LogP contribution in [-0.4, -0.2) is 12.8 Å². The van der Waals surface area contributed by atoms with Gasteiger partial charge in [0.2, 0.25) is 0 Å². The van der Waals surface area contributed by atoms with Gasteiger partial charge in [0.05, 0.1) is 11.8 Å². The van der Waals surface area contributed by atoms with Gasteiger partial charge >= 0.3 is 0 Å². The highest BCUT2D eigenvalue weighted by molar-refractivity contribution is 5.91. The van der Waals surface area contributed by atoms with Crippen molar-refractivity contribution in [3.63, 3.8) is 0 Å². The van der Waals surface area contributed by atoms with Crippen LogP contribution in [0.4, 0.5) is 5.69 Å². The lowest BCUT2D eigenvalue weighted by Crippen LogP contribution is -2.35. The molecule has 1 unspecified atom stereocenters. The van der Waals surface area contributed by atoms with Gasteiger partial charge in [-0.25, -0.2) is 0 Å². The average Bonchev–Trinajstić information content (AvgIpc) is 2.46. The summed E-state index contributed by atoms with van der Waals surface area (Å²) >= 11 is 0. The Hall–Kier alpha value is -1.45. The Morgan fingerprint density at radius 2 is 2.23 bits per heavy atom. The number of hydroxylamine groups is 1. The summed E-state index contributed by atoms with van der Waals surface area (Å²) in [6, 6.07) is 7.44. The van der Waals surface area contributed by atoms with Gasteiger partial charge in [0.25, 0.3) is 0 Å². The summed E-state index contributed by atoms with van der Waals surface area (Å²) in [7, 11) is 0. The Morgan fingerprint density at radius 1 is 1.46 bits per heavy atom. The molecule has 0 aliphatic carbocycles. The molecule has 1 aliphatic heterocycles. The fraction of sp³-hybridized carbons (Fsp3) is 0.100. The van der Waals surface area contributed by atoms with Crippen LogP contribution in [0.2, 0.25) is 0 Å². The number of fused-ring (bicyclic) bond motifs is 1. The first kappa shape index (κ1) is 8.16. The van der Waals surface area contributed by atoms with Crippen molar-refractivity contribution in [1.82, 2.24) is 4.76 Å². The molecule has 0 radical (unpaired) electrons. The molecule has 13 heavy (non-hydrogen) atoms. The topological polar surface area (TPSA) is 35.4 Å². The van der Waals surface area contributed by atoms with Crippen LogP contribution in [-0.2, 0) is 0 Å². The van der Waals surface area contributed by atoms with Crippen LogP contribution >= 0.6 is 0 Å². The number of benzene rings is 1. The smallest absolute Gasteiger partial charge is 0.168 e. The predicted molar refractivity (Wildman–Crippen MR) is 54.3 cm³/mol. The van der Waals surface area contributed by atoms with Crippen LogP contribution in [0.1, 0.15) is 5.56 Å². The number of hydrogen-bond donors (Lipinski definition) is 0. The van der Waals surface area contributed by atoms with Crippen molar-refractivity contribution in [2.45, 2.75) is 0 Å². The summed E-state index contributed by atoms with van der Waals surface area (Å²) in [5.74, 6) is 0. The van der Waals surface area contributed by atoms with Crippen molar-refractivity contribution >= 4 is 11.9 Å². The minimum atomic E-state index is -0.653. The Labute approximate surface area is 76.8 Å². The van der Waals surface area contributed by atoms with E-state index in [1.165, 1.54) is 0 Å². The predicted octanol–water partition coefficient (Wildman–Crippen LogP) is 2.03. The first-order valence-corrected chi connectivity index (χ1v) is 4.11. The Morgan fingerprint density at radius 3 is 3.00 bits per heavy atom. The summed E-state index contributed by atoms with van der Waals surface area (Å²) in [5.41, 5.74) is 1.60. The van der Waals surface area contributed by atoms with Crippen LogP contribution in [0, 0.1) is 5.21 Å². The molecular weight excluding hydrogens is 164 g/mol. The maximum absolute atomic E-state index is 12.0. The Kier molecular flexibility index (Phi) is 1.76. The molecule has 0 amide bonds. The normalized spacial score (nSPS) is 24.4. The number of hydrogen-bond acceptors (Lipinski definition) is 2. The number of quaternary nitrogens is 1. The summed E-state index contributed by atoms with van der Waals surface area (Å²) in [5, 5.41) is 15.9. The van der Waals surface area contributed by atoms with Crippen LogP contribution in [0.25, 0.3) is 0 Å². The minimum Gasteiger partial charge on any atom is -0.599 e.